The molecule has 0 heterocycles. The van der Waals surface area contributed by atoms with E-state index in [0.29, 0.717) is 10.9 Å². The first-order chi connectivity index (χ1) is 10.5. The van der Waals surface area contributed by atoms with Gasteiger partial charge >= 0.3 is 0 Å². The van der Waals surface area contributed by atoms with Crippen LogP contribution in [0.15, 0.2) is 22.7 Å². The lowest BCUT2D eigenvalue weighted by atomic mass is 9.49. The summed E-state index contributed by atoms with van der Waals surface area (Å²) < 4.78 is 14.5. The number of rotatable bonds is 3. The van der Waals surface area contributed by atoms with Gasteiger partial charge in [0.15, 0.2) is 0 Å². The maximum Gasteiger partial charge on any atom is 0.225 e. The number of halogens is 2. The lowest BCUT2D eigenvalue weighted by Crippen LogP contribution is -2.47. The Morgan fingerprint density at radius 2 is 1.77 bits per heavy atom. The van der Waals surface area contributed by atoms with Crippen LogP contribution in [0.1, 0.15) is 44.9 Å². The summed E-state index contributed by atoms with van der Waals surface area (Å²) in [6.45, 7) is 0. The molecule has 4 aliphatic rings. The highest BCUT2D eigenvalue weighted by Crippen LogP contribution is 2.61. The molecule has 5 rings (SSSR count). The van der Waals surface area contributed by atoms with E-state index in [2.05, 4.69) is 21.2 Å². The maximum atomic E-state index is 13.9. The molecule has 118 valence electrons. The second-order valence-corrected chi connectivity index (χ2v) is 8.68. The average molecular weight is 366 g/mol. The number of anilines is 1. The van der Waals surface area contributed by atoms with Gasteiger partial charge in [-0.05, 0) is 79.9 Å². The molecule has 4 bridgehead atoms. The minimum atomic E-state index is -0.381. The Kier molecular flexibility index (Phi) is 3.55. The SMILES string of the molecule is O=C(CC12CC3CC(CC(C3)C1)C2)Nc1ccc(Br)cc1F. The number of carbonyl (C=O) groups is 1. The van der Waals surface area contributed by atoms with Crippen molar-refractivity contribution in [1.82, 2.24) is 0 Å². The van der Waals surface area contributed by atoms with Crippen molar-refractivity contribution in [2.75, 3.05) is 5.32 Å². The van der Waals surface area contributed by atoms with E-state index in [1.165, 1.54) is 44.6 Å². The fourth-order valence-corrected chi connectivity index (χ4v) is 5.97. The van der Waals surface area contributed by atoms with Gasteiger partial charge in [-0.2, -0.15) is 0 Å². The third-order valence-corrected chi connectivity index (χ3v) is 6.40. The molecule has 1 aromatic carbocycles. The van der Waals surface area contributed by atoms with Crippen molar-refractivity contribution in [1.29, 1.82) is 0 Å². The highest BCUT2D eigenvalue weighted by atomic mass is 79.9. The van der Waals surface area contributed by atoms with Crippen LogP contribution in [-0.2, 0) is 4.79 Å². The van der Waals surface area contributed by atoms with Crippen LogP contribution in [0.4, 0.5) is 10.1 Å². The Hall–Kier alpha value is -0.900. The lowest BCUT2D eigenvalue weighted by molar-refractivity contribution is -0.124. The van der Waals surface area contributed by atoms with E-state index in [1.807, 2.05) is 0 Å². The molecule has 0 saturated heterocycles. The summed E-state index contributed by atoms with van der Waals surface area (Å²) in [6.07, 6.45) is 8.30. The van der Waals surface area contributed by atoms with Crippen molar-refractivity contribution in [2.24, 2.45) is 23.2 Å². The van der Waals surface area contributed by atoms with Crippen molar-refractivity contribution >= 4 is 27.5 Å². The van der Waals surface area contributed by atoms with Crippen molar-refractivity contribution in [3.8, 4) is 0 Å². The van der Waals surface area contributed by atoms with Crippen LogP contribution in [0, 0.1) is 29.0 Å². The third-order valence-electron chi connectivity index (χ3n) is 5.91. The monoisotopic (exact) mass is 365 g/mol. The van der Waals surface area contributed by atoms with Gasteiger partial charge < -0.3 is 5.32 Å². The number of carbonyl (C=O) groups excluding carboxylic acids is 1. The third kappa shape index (κ3) is 2.70. The van der Waals surface area contributed by atoms with Crippen molar-refractivity contribution < 1.29 is 9.18 Å². The summed E-state index contributed by atoms with van der Waals surface area (Å²) in [6, 6.07) is 4.76. The minimum absolute atomic E-state index is 0.0248. The summed E-state index contributed by atoms with van der Waals surface area (Å²) in [5.74, 6) is 2.10. The molecular weight excluding hydrogens is 345 g/mol. The highest BCUT2D eigenvalue weighted by molar-refractivity contribution is 9.10. The summed E-state index contributed by atoms with van der Waals surface area (Å²) in [7, 11) is 0. The molecule has 0 unspecified atom stereocenters. The summed E-state index contributed by atoms with van der Waals surface area (Å²) in [4.78, 5) is 12.4. The predicted octanol–water partition coefficient (Wildman–Crippen LogP) is 5.13. The quantitative estimate of drug-likeness (QED) is 0.789. The Balaban J connectivity index is 1.46. The van der Waals surface area contributed by atoms with Gasteiger partial charge in [-0.15, -0.1) is 0 Å². The first-order valence-electron chi connectivity index (χ1n) is 8.26. The lowest BCUT2D eigenvalue weighted by Gasteiger charge is -2.56. The van der Waals surface area contributed by atoms with Gasteiger partial charge in [0, 0.05) is 10.9 Å². The zero-order chi connectivity index (χ0) is 15.3. The maximum absolute atomic E-state index is 13.9. The second-order valence-electron chi connectivity index (χ2n) is 7.77. The summed E-state index contributed by atoms with van der Waals surface area (Å²) in [5, 5.41) is 2.78. The number of nitrogens with one attached hydrogen (secondary N) is 1. The predicted molar refractivity (Wildman–Crippen MR) is 88.0 cm³/mol. The molecule has 4 fully saturated rings. The largest absolute Gasteiger partial charge is 0.324 e. The normalized spacial score (nSPS) is 35.6. The molecule has 1 N–H and O–H groups in total. The van der Waals surface area contributed by atoms with E-state index in [-0.39, 0.29) is 22.8 Å². The minimum Gasteiger partial charge on any atom is -0.324 e. The molecular formula is C18H21BrFNO. The first-order valence-corrected chi connectivity index (χ1v) is 9.06. The van der Waals surface area contributed by atoms with Gasteiger partial charge in [0.05, 0.1) is 5.69 Å². The fraction of sp³-hybridized carbons (Fsp3) is 0.611. The van der Waals surface area contributed by atoms with Gasteiger partial charge in [0.25, 0.3) is 0 Å². The van der Waals surface area contributed by atoms with Gasteiger partial charge in [0.2, 0.25) is 5.91 Å². The molecule has 22 heavy (non-hydrogen) atoms. The first kappa shape index (κ1) is 14.7. The van der Waals surface area contributed by atoms with E-state index in [4.69, 9.17) is 0 Å². The van der Waals surface area contributed by atoms with E-state index in [9.17, 15) is 9.18 Å². The van der Waals surface area contributed by atoms with Gasteiger partial charge in [-0.3, -0.25) is 4.79 Å². The fourth-order valence-electron chi connectivity index (χ4n) is 5.63. The number of benzene rings is 1. The molecule has 1 aromatic rings. The van der Waals surface area contributed by atoms with Crippen molar-refractivity contribution in [3.63, 3.8) is 0 Å². The van der Waals surface area contributed by atoms with E-state index in [1.54, 1.807) is 12.1 Å². The van der Waals surface area contributed by atoms with E-state index in [0.717, 1.165) is 17.8 Å². The van der Waals surface area contributed by atoms with E-state index < -0.39 is 0 Å². The molecule has 4 saturated carbocycles. The van der Waals surface area contributed by atoms with Crippen LogP contribution in [0.5, 0.6) is 0 Å². The van der Waals surface area contributed by atoms with Gasteiger partial charge in [-0.25, -0.2) is 4.39 Å². The Morgan fingerprint density at radius 1 is 1.18 bits per heavy atom. The average Bonchev–Trinajstić information content (AvgIpc) is 2.39. The van der Waals surface area contributed by atoms with Crippen molar-refractivity contribution in [2.45, 2.75) is 44.9 Å². The molecule has 2 nitrogen and oxygen atoms in total. The molecule has 0 aliphatic heterocycles. The van der Waals surface area contributed by atoms with Crippen molar-refractivity contribution in [3.05, 3.63) is 28.5 Å². The molecule has 4 aliphatic carbocycles. The molecule has 0 spiro atoms. The molecule has 1 amide bonds. The van der Waals surface area contributed by atoms with Crippen LogP contribution in [0.2, 0.25) is 0 Å². The topological polar surface area (TPSA) is 29.1 Å². The van der Waals surface area contributed by atoms with Crippen LogP contribution in [0.25, 0.3) is 0 Å². The van der Waals surface area contributed by atoms with Crippen LogP contribution < -0.4 is 5.32 Å². The standard InChI is InChI=1S/C18H21BrFNO/c19-14-1-2-16(15(20)6-14)21-17(22)10-18-7-11-3-12(8-18)5-13(4-11)9-18/h1-2,6,11-13H,3-5,7-10H2,(H,21,22). The Labute approximate surface area is 139 Å². The molecule has 0 radical (unpaired) electrons. The zero-order valence-corrected chi connectivity index (χ0v) is 14.2. The smallest absolute Gasteiger partial charge is 0.225 e. The molecule has 4 heteroatoms. The number of hydrogen-bond acceptors (Lipinski definition) is 1. The number of hydrogen-bond donors (Lipinski definition) is 1. The van der Waals surface area contributed by atoms with Crippen LogP contribution >= 0.6 is 15.9 Å². The highest BCUT2D eigenvalue weighted by Gasteiger charge is 2.51. The second kappa shape index (κ2) is 5.33. The summed E-state index contributed by atoms with van der Waals surface area (Å²) in [5.41, 5.74) is 0.489. The Morgan fingerprint density at radius 3 is 2.32 bits per heavy atom. The summed E-state index contributed by atoms with van der Waals surface area (Å²) >= 11 is 3.23. The zero-order valence-electron chi connectivity index (χ0n) is 12.6. The molecule has 0 atom stereocenters. The Bertz CT molecular complexity index is 580. The van der Waals surface area contributed by atoms with Gasteiger partial charge in [0.1, 0.15) is 5.82 Å². The van der Waals surface area contributed by atoms with Crippen LogP contribution in [-0.4, -0.2) is 5.91 Å². The number of amides is 1. The van der Waals surface area contributed by atoms with Gasteiger partial charge in [-0.1, -0.05) is 15.9 Å². The van der Waals surface area contributed by atoms with Crippen LogP contribution in [0.3, 0.4) is 0 Å². The molecule has 0 aromatic heterocycles. The van der Waals surface area contributed by atoms with E-state index >= 15 is 0 Å².